The number of aryl methyl sites for hydroxylation is 1. The van der Waals surface area contributed by atoms with E-state index in [1.54, 1.807) is 0 Å². The van der Waals surface area contributed by atoms with Crippen molar-refractivity contribution in [3.8, 4) is 0 Å². The van der Waals surface area contributed by atoms with Gasteiger partial charge in [-0.1, -0.05) is 0 Å². The number of hydrogen-bond acceptors (Lipinski definition) is 3. The Morgan fingerprint density at radius 3 is 2.64 bits per heavy atom. The van der Waals surface area contributed by atoms with E-state index in [9.17, 15) is 4.79 Å². The summed E-state index contributed by atoms with van der Waals surface area (Å²) in [5, 5.41) is 6.56. The third kappa shape index (κ3) is 1.30. The second-order valence-electron chi connectivity index (χ2n) is 2.45. The van der Waals surface area contributed by atoms with Crippen LogP contribution in [0.25, 0.3) is 0 Å². The molecule has 11 heavy (non-hydrogen) atoms. The summed E-state index contributed by atoms with van der Waals surface area (Å²) < 4.78 is 0. The molecule has 60 valence electrons. The molecule has 0 saturated carbocycles. The number of Topliss-reactive ketones (excluding diaryl/α,β-unsaturated/α-hetero) is 1. The van der Waals surface area contributed by atoms with Crippen LogP contribution in [0.15, 0.2) is 0 Å². The van der Waals surface area contributed by atoms with Crippen molar-refractivity contribution in [2.75, 3.05) is 6.54 Å². The third-order valence-electron chi connectivity index (χ3n) is 1.70. The van der Waals surface area contributed by atoms with Crippen molar-refractivity contribution in [2.45, 2.75) is 13.8 Å². The van der Waals surface area contributed by atoms with Crippen LogP contribution in [0.5, 0.6) is 0 Å². The second-order valence-corrected chi connectivity index (χ2v) is 2.45. The molecule has 4 heteroatoms. The number of nitrogens with one attached hydrogen (secondary N) is 1. The lowest BCUT2D eigenvalue weighted by Gasteiger charge is -1.92. The van der Waals surface area contributed by atoms with E-state index in [0.717, 1.165) is 11.3 Å². The molecule has 0 aliphatic rings. The molecule has 0 bridgehead atoms. The summed E-state index contributed by atoms with van der Waals surface area (Å²) in [4.78, 5) is 11.0. The third-order valence-corrected chi connectivity index (χ3v) is 1.70. The Labute approximate surface area is 64.8 Å². The lowest BCUT2D eigenvalue weighted by molar-refractivity contribution is 0.0996. The predicted octanol–water partition coefficient (Wildman–Crippen LogP) is 0.168. The van der Waals surface area contributed by atoms with Gasteiger partial charge in [0.05, 0.1) is 6.54 Å². The standard InChI is InChI=1S/C7H11N3O/c1-4-5(2)9-10-7(4)6(11)3-8/h3,8H2,1-2H3,(H,9,10). The van der Waals surface area contributed by atoms with Crippen molar-refractivity contribution in [1.29, 1.82) is 0 Å². The number of nitrogens with zero attached hydrogens (tertiary/aromatic N) is 1. The van der Waals surface area contributed by atoms with E-state index in [-0.39, 0.29) is 12.3 Å². The predicted molar refractivity (Wildman–Crippen MR) is 41.4 cm³/mol. The van der Waals surface area contributed by atoms with E-state index in [1.165, 1.54) is 0 Å². The first-order valence-corrected chi connectivity index (χ1v) is 3.41. The number of aromatic amines is 1. The molecule has 0 atom stereocenters. The number of ketones is 1. The van der Waals surface area contributed by atoms with Crippen LogP contribution in [0, 0.1) is 13.8 Å². The van der Waals surface area contributed by atoms with Crippen molar-refractivity contribution in [1.82, 2.24) is 10.2 Å². The first-order valence-electron chi connectivity index (χ1n) is 3.41. The minimum atomic E-state index is -0.119. The van der Waals surface area contributed by atoms with E-state index in [0.29, 0.717) is 5.69 Å². The van der Waals surface area contributed by atoms with Gasteiger partial charge in [-0.25, -0.2) is 0 Å². The zero-order valence-corrected chi connectivity index (χ0v) is 6.64. The minimum Gasteiger partial charge on any atom is -0.324 e. The normalized spacial score (nSPS) is 10.1. The number of rotatable bonds is 2. The molecule has 0 aromatic carbocycles. The van der Waals surface area contributed by atoms with Crippen LogP contribution in [0.4, 0.5) is 0 Å². The van der Waals surface area contributed by atoms with Crippen LogP contribution >= 0.6 is 0 Å². The highest BCUT2D eigenvalue weighted by Crippen LogP contribution is 2.07. The Kier molecular flexibility index (Phi) is 2.05. The zero-order valence-electron chi connectivity index (χ0n) is 6.64. The fraction of sp³-hybridized carbons (Fsp3) is 0.429. The summed E-state index contributed by atoms with van der Waals surface area (Å²) in [5.41, 5.74) is 7.45. The average Bonchev–Trinajstić information content (AvgIpc) is 2.32. The Balaban J connectivity index is 3.04. The van der Waals surface area contributed by atoms with Crippen molar-refractivity contribution in [2.24, 2.45) is 5.73 Å². The van der Waals surface area contributed by atoms with Gasteiger partial charge >= 0.3 is 0 Å². The molecule has 0 unspecified atom stereocenters. The maximum atomic E-state index is 11.0. The lowest BCUT2D eigenvalue weighted by atomic mass is 10.1. The molecular weight excluding hydrogens is 142 g/mol. The van der Waals surface area contributed by atoms with Gasteiger partial charge in [0.1, 0.15) is 5.69 Å². The molecule has 0 amide bonds. The molecular formula is C7H11N3O. The quantitative estimate of drug-likeness (QED) is 0.595. The number of nitrogens with two attached hydrogens (primary N) is 1. The minimum absolute atomic E-state index is 0.0190. The molecule has 3 N–H and O–H groups in total. The molecule has 1 aromatic heterocycles. The van der Waals surface area contributed by atoms with Crippen molar-refractivity contribution in [3.05, 3.63) is 17.0 Å². The Morgan fingerprint density at radius 1 is 1.64 bits per heavy atom. The van der Waals surface area contributed by atoms with Gasteiger partial charge in [0.15, 0.2) is 5.78 Å². The van der Waals surface area contributed by atoms with Gasteiger partial charge < -0.3 is 5.73 Å². The summed E-state index contributed by atoms with van der Waals surface area (Å²) in [5.74, 6) is -0.119. The van der Waals surface area contributed by atoms with Gasteiger partial charge in [0.25, 0.3) is 0 Å². The number of aromatic nitrogens is 2. The zero-order chi connectivity index (χ0) is 8.43. The van der Waals surface area contributed by atoms with E-state index in [4.69, 9.17) is 5.73 Å². The average molecular weight is 153 g/mol. The Bertz CT molecular complexity index is 277. The summed E-state index contributed by atoms with van der Waals surface area (Å²) in [6, 6.07) is 0. The summed E-state index contributed by atoms with van der Waals surface area (Å²) in [6.07, 6.45) is 0. The van der Waals surface area contributed by atoms with E-state index in [1.807, 2.05) is 13.8 Å². The molecule has 1 heterocycles. The highest BCUT2D eigenvalue weighted by Gasteiger charge is 2.11. The lowest BCUT2D eigenvalue weighted by Crippen LogP contribution is -2.14. The second kappa shape index (κ2) is 2.84. The summed E-state index contributed by atoms with van der Waals surface area (Å²) >= 11 is 0. The van der Waals surface area contributed by atoms with Crippen molar-refractivity contribution in [3.63, 3.8) is 0 Å². The van der Waals surface area contributed by atoms with Crippen molar-refractivity contribution < 1.29 is 4.79 Å². The molecule has 0 saturated heterocycles. The van der Waals surface area contributed by atoms with Gasteiger partial charge in [-0.05, 0) is 13.8 Å². The van der Waals surface area contributed by atoms with Crippen LogP contribution in [-0.2, 0) is 0 Å². The number of carbonyl (C=O) groups excluding carboxylic acids is 1. The molecule has 4 nitrogen and oxygen atoms in total. The highest BCUT2D eigenvalue weighted by molar-refractivity contribution is 5.97. The number of carbonyl (C=O) groups is 1. The topological polar surface area (TPSA) is 71.8 Å². The maximum Gasteiger partial charge on any atom is 0.196 e. The van der Waals surface area contributed by atoms with E-state index in [2.05, 4.69) is 10.2 Å². The van der Waals surface area contributed by atoms with Crippen LogP contribution in [0.1, 0.15) is 21.7 Å². The molecule has 0 spiro atoms. The fourth-order valence-electron chi connectivity index (χ4n) is 0.853. The first-order chi connectivity index (χ1) is 5.16. The fourth-order valence-corrected chi connectivity index (χ4v) is 0.853. The monoisotopic (exact) mass is 153 g/mol. The SMILES string of the molecule is Cc1[nH]nc(C(=O)CN)c1C. The first kappa shape index (κ1) is 7.94. The Morgan fingerprint density at radius 2 is 2.27 bits per heavy atom. The van der Waals surface area contributed by atoms with Crippen LogP contribution in [0.3, 0.4) is 0 Å². The van der Waals surface area contributed by atoms with Gasteiger partial charge in [0.2, 0.25) is 0 Å². The molecule has 1 rings (SSSR count). The van der Waals surface area contributed by atoms with Crippen LogP contribution < -0.4 is 5.73 Å². The molecule has 0 radical (unpaired) electrons. The molecule has 0 fully saturated rings. The van der Waals surface area contributed by atoms with Gasteiger partial charge in [0, 0.05) is 11.3 Å². The number of H-pyrrole nitrogens is 1. The van der Waals surface area contributed by atoms with Gasteiger partial charge in [-0.3, -0.25) is 9.89 Å². The van der Waals surface area contributed by atoms with E-state index < -0.39 is 0 Å². The van der Waals surface area contributed by atoms with Crippen LogP contribution in [-0.4, -0.2) is 22.5 Å². The van der Waals surface area contributed by atoms with Crippen LogP contribution in [0.2, 0.25) is 0 Å². The molecule has 1 aromatic rings. The summed E-state index contributed by atoms with van der Waals surface area (Å²) in [6.45, 7) is 3.74. The molecule has 0 aliphatic heterocycles. The molecule has 0 aliphatic carbocycles. The Hall–Kier alpha value is -1.16. The van der Waals surface area contributed by atoms with Gasteiger partial charge in [-0.15, -0.1) is 0 Å². The smallest absolute Gasteiger partial charge is 0.196 e. The largest absolute Gasteiger partial charge is 0.324 e. The van der Waals surface area contributed by atoms with Gasteiger partial charge in [-0.2, -0.15) is 5.10 Å². The van der Waals surface area contributed by atoms with E-state index >= 15 is 0 Å². The maximum absolute atomic E-state index is 11.0. The summed E-state index contributed by atoms with van der Waals surface area (Å²) in [7, 11) is 0. The number of hydrogen-bond donors (Lipinski definition) is 2. The highest BCUT2D eigenvalue weighted by atomic mass is 16.1. The van der Waals surface area contributed by atoms with Crippen molar-refractivity contribution >= 4 is 5.78 Å².